The van der Waals surface area contributed by atoms with Gasteiger partial charge in [0.15, 0.2) is 0 Å². The average molecular weight is 296 g/mol. The molecule has 2 aromatic rings. The molecule has 1 aliphatic rings. The van der Waals surface area contributed by atoms with Crippen LogP contribution in [0, 0.1) is 5.41 Å². The highest BCUT2D eigenvalue weighted by Crippen LogP contribution is 2.25. The molecule has 0 bridgehead atoms. The summed E-state index contributed by atoms with van der Waals surface area (Å²) in [5.41, 5.74) is 3.30. The van der Waals surface area contributed by atoms with Crippen molar-refractivity contribution in [2.45, 2.75) is 13.8 Å². The third-order valence-corrected chi connectivity index (χ3v) is 3.84. The van der Waals surface area contributed by atoms with Gasteiger partial charge >= 0.3 is 7.12 Å². The molecule has 0 N–H and O–H groups in total. The highest BCUT2D eigenvalue weighted by molar-refractivity contribution is 6.62. The fourth-order valence-electron chi connectivity index (χ4n) is 2.60. The Labute approximate surface area is 132 Å². The minimum Gasteiger partial charge on any atom is -0.497 e. The maximum atomic E-state index is 5.91. The van der Waals surface area contributed by atoms with Gasteiger partial charge in [0.1, 0.15) is 5.75 Å². The average Bonchev–Trinajstić information content (AvgIpc) is 2.55. The molecule has 22 heavy (non-hydrogen) atoms. The van der Waals surface area contributed by atoms with Crippen LogP contribution >= 0.6 is 0 Å². The highest BCUT2D eigenvalue weighted by Gasteiger charge is 2.35. The van der Waals surface area contributed by atoms with Gasteiger partial charge < -0.3 is 14.0 Å². The van der Waals surface area contributed by atoms with Crippen LogP contribution in [0.2, 0.25) is 0 Å². The Bertz CT molecular complexity index is 630. The number of methoxy groups -OCH3 is 1. The van der Waals surface area contributed by atoms with Crippen molar-refractivity contribution in [3.8, 4) is 16.9 Å². The molecule has 0 unspecified atom stereocenters. The Kier molecular flexibility index (Phi) is 4.23. The van der Waals surface area contributed by atoms with Gasteiger partial charge in [-0.2, -0.15) is 0 Å². The van der Waals surface area contributed by atoms with Crippen LogP contribution in [0.3, 0.4) is 0 Å². The molecule has 1 fully saturated rings. The maximum Gasteiger partial charge on any atom is 0.497 e. The van der Waals surface area contributed by atoms with Gasteiger partial charge in [0.25, 0.3) is 0 Å². The van der Waals surface area contributed by atoms with Crippen LogP contribution in [0.25, 0.3) is 11.1 Å². The van der Waals surface area contributed by atoms with Crippen molar-refractivity contribution in [3.63, 3.8) is 0 Å². The summed E-state index contributed by atoms with van der Waals surface area (Å²) in [6.45, 7) is 5.63. The molecule has 0 aliphatic carbocycles. The number of benzene rings is 2. The highest BCUT2D eigenvalue weighted by atomic mass is 16.6. The van der Waals surface area contributed by atoms with Crippen molar-refractivity contribution in [1.29, 1.82) is 0 Å². The predicted octanol–water partition coefficient (Wildman–Crippen LogP) is 3.13. The third-order valence-electron chi connectivity index (χ3n) is 3.84. The lowest BCUT2D eigenvalue weighted by molar-refractivity contribution is 0.0341. The lowest BCUT2D eigenvalue weighted by Gasteiger charge is -2.33. The van der Waals surface area contributed by atoms with Crippen molar-refractivity contribution < 1.29 is 14.0 Å². The zero-order valence-electron chi connectivity index (χ0n) is 13.3. The number of rotatable bonds is 3. The van der Waals surface area contributed by atoms with E-state index in [4.69, 9.17) is 14.0 Å². The molecule has 0 radical (unpaired) electrons. The van der Waals surface area contributed by atoms with Crippen molar-refractivity contribution in [3.05, 3.63) is 48.5 Å². The van der Waals surface area contributed by atoms with Crippen LogP contribution in [0.4, 0.5) is 0 Å². The summed E-state index contributed by atoms with van der Waals surface area (Å²) in [7, 11) is 1.31. The first-order valence-corrected chi connectivity index (χ1v) is 7.56. The molecule has 4 heteroatoms. The van der Waals surface area contributed by atoms with Gasteiger partial charge in [0.05, 0.1) is 7.11 Å². The maximum absolute atomic E-state index is 5.91. The normalized spacial score (nSPS) is 17.3. The molecule has 0 aromatic heterocycles. The van der Waals surface area contributed by atoms with E-state index in [0.29, 0.717) is 13.2 Å². The van der Waals surface area contributed by atoms with Gasteiger partial charge in [-0.15, -0.1) is 0 Å². The zero-order chi connectivity index (χ0) is 15.6. The molecule has 3 nitrogen and oxygen atoms in total. The summed E-state index contributed by atoms with van der Waals surface area (Å²) in [4.78, 5) is 0. The number of hydrogen-bond donors (Lipinski definition) is 0. The van der Waals surface area contributed by atoms with Gasteiger partial charge in [-0.3, -0.25) is 0 Å². The molecule has 0 atom stereocenters. The second-order valence-corrected chi connectivity index (χ2v) is 6.44. The van der Waals surface area contributed by atoms with Gasteiger partial charge in [0, 0.05) is 24.1 Å². The van der Waals surface area contributed by atoms with Crippen LogP contribution in [0.15, 0.2) is 48.5 Å². The van der Waals surface area contributed by atoms with E-state index < -0.39 is 0 Å². The Morgan fingerprint density at radius 2 is 1.64 bits per heavy atom. The molecule has 3 rings (SSSR count). The van der Waals surface area contributed by atoms with Crippen LogP contribution in [-0.4, -0.2) is 27.4 Å². The van der Waals surface area contributed by atoms with Crippen molar-refractivity contribution in [2.75, 3.05) is 20.3 Å². The van der Waals surface area contributed by atoms with E-state index in [9.17, 15) is 0 Å². The zero-order valence-corrected chi connectivity index (χ0v) is 13.3. The minimum absolute atomic E-state index is 0.0563. The van der Waals surface area contributed by atoms with E-state index in [1.54, 1.807) is 7.11 Å². The summed E-state index contributed by atoms with van der Waals surface area (Å²) in [5.74, 6) is 0.796. The molecule has 2 aromatic carbocycles. The fraction of sp³-hybridized carbons (Fsp3) is 0.333. The monoisotopic (exact) mass is 296 g/mol. The first kappa shape index (κ1) is 15.1. The van der Waals surface area contributed by atoms with Crippen LogP contribution in [-0.2, 0) is 9.31 Å². The Balaban J connectivity index is 1.92. The summed E-state index contributed by atoms with van der Waals surface area (Å²) in [6, 6.07) is 16.4. The lowest BCUT2D eigenvalue weighted by atomic mass is 9.74. The molecule has 114 valence electrons. The first-order chi connectivity index (χ1) is 10.6. The molecule has 1 aliphatic heterocycles. The second kappa shape index (κ2) is 6.15. The molecule has 0 spiro atoms. The lowest BCUT2D eigenvalue weighted by Crippen LogP contribution is -2.47. The predicted molar refractivity (Wildman–Crippen MR) is 89.5 cm³/mol. The van der Waals surface area contributed by atoms with Crippen LogP contribution in [0.1, 0.15) is 13.8 Å². The smallest absolute Gasteiger partial charge is 0.497 e. The number of ether oxygens (including phenoxy) is 1. The summed E-state index contributed by atoms with van der Waals surface area (Å²) < 4.78 is 17.3. The molecule has 1 saturated heterocycles. The van der Waals surface area contributed by atoms with E-state index in [0.717, 1.165) is 16.8 Å². The molecular formula is C18H21BO3. The van der Waals surface area contributed by atoms with Crippen molar-refractivity contribution in [2.24, 2.45) is 5.41 Å². The van der Waals surface area contributed by atoms with E-state index in [2.05, 4.69) is 38.1 Å². The van der Waals surface area contributed by atoms with Gasteiger partial charge in [-0.05, 0) is 17.2 Å². The molecule has 0 amide bonds. The van der Waals surface area contributed by atoms with Crippen LogP contribution in [0.5, 0.6) is 5.75 Å². The number of hydrogen-bond acceptors (Lipinski definition) is 3. The standard InChI is InChI=1S/C18H21BO3/c1-18(2)12-21-19(22-13-18)16-11-15(9-10-17(16)20-3)14-7-5-4-6-8-14/h4-11H,12-13H2,1-3H3. The van der Waals surface area contributed by atoms with Gasteiger partial charge in [0.2, 0.25) is 0 Å². The molecule has 1 heterocycles. The van der Waals surface area contributed by atoms with Crippen molar-refractivity contribution in [1.82, 2.24) is 0 Å². The quantitative estimate of drug-likeness (QED) is 0.814. The SMILES string of the molecule is COc1ccc(-c2ccccc2)cc1B1OCC(C)(C)CO1. The summed E-state index contributed by atoms with van der Waals surface area (Å²) in [6.07, 6.45) is 0. The first-order valence-electron chi connectivity index (χ1n) is 7.56. The Hall–Kier alpha value is -1.78. The summed E-state index contributed by atoms with van der Waals surface area (Å²) in [5, 5.41) is 0. The topological polar surface area (TPSA) is 27.7 Å². The minimum atomic E-state index is -0.369. The fourth-order valence-corrected chi connectivity index (χ4v) is 2.60. The Morgan fingerprint density at radius 3 is 2.27 bits per heavy atom. The van der Waals surface area contributed by atoms with Crippen LogP contribution < -0.4 is 10.2 Å². The molecule has 0 saturated carbocycles. The van der Waals surface area contributed by atoms with E-state index in [1.165, 1.54) is 5.56 Å². The largest absolute Gasteiger partial charge is 0.497 e. The van der Waals surface area contributed by atoms with Gasteiger partial charge in [-0.1, -0.05) is 56.3 Å². The van der Waals surface area contributed by atoms with Gasteiger partial charge in [-0.25, -0.2) is 0 Å². The van der Waals surface area contributed by atoms with E-state index in [1.807, 2.05) is 24.3 Å². The second-order valence-electron chi connectivity index (χ2n) is 6.44. The van der Waals surface area contributed by atoms with E-state index >= 15 is 0 Å². The van der Waals surface area contributed by atoms with Crippen molar-refractivity contribution >= 4 is 12.6 Å². The Morgan fingerprint density at radius 1 is 0.955 bits per heavy atom. The summed E-state index contributed by atoms with van der Waals surface area (Å²) >= 11 is 0. The van der Waals surface area contributed by atoms with E-state index in [-0.39, 0.29) is 12.5 Å². The third kappa shape index (κ3) is 3.18. The molecular weight excluding hydrogens is 275 g/mol.